The fourth-order valence-corrected chi connectivity index (χ4v) is 17.4. The summed E-state index contributed by atoms with van der Waals surface area (Å²) in [5.74, 6) is -4.37. The minimum absolute atomic E-state index is 0.0216. The van der Waals surface area contributed by atoms with Crippen molar-refractivity contribution in [2.45, 2.75) is 144 Å². The molecule has 21 nitrogen and oxygen atoms in total. The monoisotopic (exact) mass is 1480 g/mol. The minimum Gasteiger partial charge on any atom is -0.506 e. The second kappa shape index (κ2) is 33.6. The van der Waals surface area contributed by atoms with Crippen molar-refractivity contribution >= 4 is 138 Å². The van der Waals surface area contributed by atoms with E-state index in [1.165, 1.54) is 68.1 Å². The first kappa shape index (κ1) is 73.9. The molecule has 0 bridgehead atoms. The van der Waals surface area contributed by atoms with Crippen LogP contribution < -0.4 is 29.0 Å². The molecule has 0 radical (unpaired) electrons. The van der Waals surface area contributed by atoms with Crippen LogP contribution in [-0.4, -0.2) is 109 Å². The fraction of sp³-hybridized carbons (Fsp3) is 0.292. The van der Waals surface area contributed by atoms with Gasteiger partial charge in [-0.05, 0) is 149 Å². The Morgan fingerprint density at radius 1 is 0.410 bits per heavy atom. The third-order valence-electron chi connectivity index (χ3n) is 16.9. The summed E-state index contributed by atoms with van der Waals surface area (Å²) in [7, 11) is -12.0. The van der Waals surface area contributed by atoms with Gasteiger partial charge in [0.15, 0.2) is 11.6 Å². The second-order valence-corrected chi connectivity index (χ2v) is 32.2. The van der Waals surface area contributed by atoms with Gasteiger partial charge in [-0.1, -0.05) is 105 Å². The number of hydrogen-bond acceptors (Lipinski definition) is 18. The van der Waals surface area contributed by atoms with Gasteiger partial charge >= 0.3 is 17.9 Å². The Morgan fingerprint density at radius 2 is 0.740 bits per heavy atom. The Hall–Kier alpha value is -8.80. The van der Waals surface area contributed by atoms with E-state index >= 15 is 0 Å². The lowest BCUT2D eigenvalue weighted by Crippen LogP contribution is -2.22. The first-order valence-corrected chi connectivity index (χ1v) is 39.8. The van der Waals surface area contributed by atoms with Crippen molar-refractivity contribution in [2.24, 2.45) is 0 Å². The molecule has 0 unspecified atom stereocenters. The van der Waals surface area contributed by atoms with Crippen LogP contribution in [0.5, 0.6) is 28.7 Å². The number of halogens is 1. The summed E-state index contributed by atoms with van der Waals surface area (Å²) < 4.78 is 113. The lowest BCUT2D eigenvalue weighted by Gasteiger charge is -2.24. The number of phenolic OH excluding ortho intramolecular Hbond substituents is 3. The summed E-state index contributed by atoms with van der Waals surface area (Å²) in [6.07, 6.45) is 16.4. The highest BCUT2D eigenvalue weighted by atomic mass is 32.2. The molecule has 3 saturated carbocycles. The number of aliphatic carboxylic acids is 3. The van der Waals surface area contributed by atoms with Gasteiger partial charge in [-0.15, -0.1) is 35.3 Å². The zero-order valence-corrected chi connectivity index (χ0v) is 58.9. The number of aromatic hydroxyl groups is 3. The molecular weight excluding hydrogens is 1400 g/mol. The number of carbonyl (C=O) groups is 3. The maximum absolute atomic E-state index is 14.7. The molecule has 9 aromatic rings. The highest BCUT2D eigenvalue weighted by Crippen LogP contribution is 2.44. The van der Waals surface area contributed by atoms with Crippen molar-refractivity contribution in [1.82, 2.24) is 0 Å². The average molecular weight is 1480 g/mol. The van der Waals surface area contributed by atoms with Gasteiger partial charge in [0.2, 0.25) is 0 Å². The first-order chi connectivity index (χ1) is 47.9. The van der Waals surface area contributed by atoms with Crippen molar-refractivity contribution in [3.8, 4) is 28.7 Å². The van der Waals surface area contributed by atoms with Crippen LogP contribution in [0.2, 0.25) is 0 Å². The van der Waals surface area contributed by atoms with Gasteiger partial charge in [0.25, 0.3) is 30.1 Å². The Kier molecular flexibility index (Phi) is 24.8. The number of sulfonamides is 3. The molecule has 0 saturated heterocycles. The third-order valence-corrected chi connectivity index (χ3v) is 24.1. The van der Waals surface area contributed by atoms with Crippen molar-refractivity contribution in [1.29, 1.82) is 0 Å². The topological polar surface area (TPSA) is 342 Å². The molecule has 0 amide bonds. The molecule has 9 aromatic carbocycles. The van der Waals surface area contributed by atoms with Gasteiger partial charge in [0.1, 0.15) is 23.0 Å². The van der Waals surface area contributed by atoms with Crippen molar-refractivity contribution in [3.05, 3.63) is 164 Å². The average Bonchev–Trinajstić information content (AvgIpc) is 0.788. The highest BCUT2D eigenvalue weighted by Gasteiger charge is 2.26. The number of carboxylic acids is 3. The zero-order chi connectivity index (χ0) is 71.1. The number of ether oxygens (including phenoxy) is 2. The number of phenols is 3. The summed E-state index contributed by atoms with van der Waals surface area (Å²) in [5, 5.41) is 64.8. The standard InChI is InChI=1S/C24H24FNO6S2.C24H26N2O5S2.C24H25NO6S2/c25-19-12-16(10-11-21(19)32-15-6-2-1-3-7-15)34(30,31)26-20-13-22(33-14-23(27)28)24(29)18-9-5-4-8-17(18)20;27-23(28)15-32-22-14-21(19-8-4-5-9-20(19)24(22)29)26-33(30,31)18-12-10-17(11-13-18)25-16-6-2-1-3-7-16;26-23(27)15-32-22-14-21(19-8-4-5-9-20(19)24(22)28)25-33(29,30)18-12-10-17(11-13-18)31-16-6-2-1-3-7-16/h4-5,8-13,15,26,29H,1-3,6-7,14H2,(H,27,28);4-5,8-14,16,25-26,29H,1-3,6-7,15H2,(H,27,28);4-5,8-14,16,25,28H,1-3,6-7,15H2,(H,26,27). The molecule has 10 N–H and O–H groups in total. The van der Waals surface area contributed by atoms with Crippen LogP contribution in [0.1, 0.15) is 96.3 Å². The maximum Gasteiger partial charge on any atom is 0.313 e. The van der Waals surface area contributed by atoms with Gasteiger partial charge in [-0.3, -0.25) is 28.5 Å². The molecule has 28 heteroatoms. The summed E-state index contributed by atoms with van der Waals surface area (Å²) in [5.41, 5.74) is 1.58. The van der Waals surface area contributed by atoms with Gasteiger partial charge in [-0.2, -0.15) is 0 Å². The lowest BCUT2D eigenvalue weighted by molar-refractivity contribution is -0.134. The predicted molar refractivity (Wildman–Crippen MR) is 389 cm³/mol. The molecule has 12 rings (SSSR count). The second-order valence-electron chi connectivity index (χ2n) is 24.1. The predicted octanol–water partition coefficient (Wildman–Crippen LogP) is 15.9. The molecule has 0 atom stereocenters. The van der Waals surface area contributed by atoms with Crippen LogP contribution in [0.4, 0.5) is 27.1 Å². The molecule has 3 fully saturated rings. The molecule has 3 aliphatic rings. The van der Waals surface area contributed by atoms with Crippen molar-refractivity contribution < 1.29 is 84.1 Å². The number of thioether (sulfide) groups is 3. The van der Waals surface area contributed by atoms with Crippen LogP contribution in [0.25, 0.3) is 32.3 Å². The number of rotatable bonds is 24. The number of carboxylic acid groups (broad SMARTS) is 3. The quantitative estimate of drug-likeness (QED) is 0.0198. The SMILES string of the molecule is O=C(O)CSc1cc(NS(=O)(=O)c2ccc(NC3CCCCC3)cc2)c2ccccc2c1O.O=C(O)CSc1cc(NS(=O)(=O)c2ccc(OC3CCCCC3)c(F)c2)c2ccccc2c1O.O=C(O)CSc1cc(NS(=O)(=O)c2ccc(OC3CCCCC3)cc2)c2ccccc2c1O. The molecule has 0 spiro atoms. The van der Waals surface area contributed by atoms with Crippen LogP contribution in [0.3, 0.4) is 0 Å². The summed E-state index contributed by atoms with van der Waals surface area (Å²) in [6, 6.07) is 41.5. The Labute approximate surface area is 591 Å². The number of benzene rings is 9. The van der Waals surface area contributed by atoms with E-state index in [0.29, 0.717) is 49.0 Å². The van der Waals surface area contributed by atoms with E-state index in [1.807, 2.05) is 0 Å². The summed E-state index contributed by atoms with van der Waals surface area (Å²) >= 11 is 2.72. The van der Waals surface area contributed by atoms with Gasteiger partial charge in [-0.25, -0.2) is 29.6 Å². The molecular formula is C72H75FN4O17S6. The van der Waals surface area contributed by atoms with Crippen LogP contribution in [-0.2, 0) is 44.5 Å². The highest BCUT2D eigenvalue weighted by molar-refractivity contribution is 8.00. The molecule has 100 heavy (non-hydrogen) atoms. The summed E-state index contributed by atoms with van der Waals surface area (Å²) in [6.45, 7) is 0. The summed E-state index contributed by atoms with van der Waals surface area (Å²) in [4.78, 5) is 33.6. The zero-order valence-electron chi connectivity index (χ0n) is 54.0. The normalized spacial score (nSPS) is 14.8. The molecule has 0 aromatic heterocycles. The van der Waals surface area contributed by atoms with E-state index < -0.39 is 53.8 Å². The van der Waals surface area contributed by atoms with Crippen molar-refractivity contribution in [3.63, 3.8) is 0 Å². The van der Waals surface area contributed by atoms with Gasteiger partial charge in [0, 0.05) is 44.0 Å². The van der Waals surface area contributed by atoms with E-state index in [9.17, 15) is 59.3 Å². The largest absolute Gasteiger partial charge is 0.506 e. The van der Waals surface area contributed by atoms with Crippen molar-refractivity contribution in [2.75, 3.05) is 36.7 Å². The molecule has 0 heterocycles. The lowest BCUT2D eigenvalue weighted by atomic mass is 9.95. The van der Waals surface area contributed by atoms with E-state index in [4.69, 9.17) is 24.8 Å². The van der Waals surface area contributed by atoms with Gasteiger partial charge < -0.3 is 45.4 Å². The molecule has 3 aliphatic carbocycles. The number of nitrogens with one attached hydrogen (secondary N) is 4. The number of anilines is 4. The maximum atomic E-state index is 14.7. The molecule has 528 valence electrons. The van der Waals surface area contributed by atoms with E-state index in [2.05, 4.69) is 19.5 Å². The van der Waals surface area contributed by atoms with Crippen LogP contribution in [0.15, 0.2) is 187 Å². The van der Waals surface area contributed by atoms with Gasteiger partial charge in [0.05, 0.1) is 75.9 Å². The fourth-order valence-electron chi connectivity index (χ4n) is 12.0. The first-order valence-electron chi connectivity index (χ1n) is 32.4. The smallest absolute Gasteiger partial charge is 0.313 e. The van der Waals surface area contributed by atoms with E-state index in [-0.39, 0.29) is 94.0 Å². The van der Waals surface area contributed by atoms with Crippen LogP contribution >= 0.6 is 35.3 Å². The Balaban J connectivity index is 0.000000162. The molecule has 0 aliphatic heterocycles. The minimum atomic E-state index is -4.19. The Morgan fingerprint density at radius 3 is 1.11 bits per heavy atom. The van der Waals surface area contributed by atoms with E-state index in [0.717, 1.165) is 118 Å². The third kappa shape index (κ3) is 19.4. The number of fused-ring (bicyclic) bond motifs is 3. The number of hydrogen-bond donors (Lipinski definition) is 10. The Bertz CT molecular complexity index is 4590. The van der Waals surface area contributed by atoms with Crippen LogP contribution in [0, 0.1) is 5.82 Å². The van der Waals surface area contributed by atoms with E-state index in [1.54, 1.807) is 109 Å².